The first-order chi connectivity index (χ1) is 28.7. The Morgan fingerprint density at radius 3 is 1.47 bits per heavy atom. The number of phosphoric acid groups is 1. The van der Waals surface area contributed by atoms with Gasteiger partial charge in [0.2, 0.25) is 0 Å². The van der Waals surface area contributed by atoms with Crippen molar-refractivity contribution in [1.82, 2.24) is 0 Å². The van der Waals surface area contributed by atoms with Crippen molar-refractivity contribution in [3.8, 4) is 0 Å². The predicted molar refractivity (Wildman–Crippen MR) is 244 cm³/mol. The summed E-state index contributed by atoms with van der Waals surface area (Å²) in [5, 5.41) is 8.90. The molecule has 3 unspecified atom stereocenters. The van der Waals surface area contributed by atoms with Crippen molar-refractivity contribution >= 4 is 19.8 Å². The van der Waals surface area contributed by atoms with Crippen LogP contribution in [0.3, 0.4) is 0 Å². The summed E-state index contributed by atoms with van der Waals surface area (Å²) >= 11 is 0. The number of phosphoric ester groups is 1. The first kappa shape index (κ1) is 56.4. The molecule has 0 aromatic carbocycles. The van der Waals surface area contributed by atoms with Crippen LogP contribution in [0.5, 0.6) is 0 Å². The molecule has 0 fully saturated rings. The van der Waals surface area contributed by atoms with Crippen molar-refractivity contribution in [3.05, 3.63) is 72.9 Å². The summed E-state index contributed by atoms with van der Waals surface area (Å²) in [5.74, 6) is -1.81. The lowest BCUT2D eigenvalue weighted by molar-refractivity contribution is -0.154. The Bertz CT molecular complexity index is 1210. The minimum absolute atomic E-state index is 0.00474. The van der Waals surface area contributed by atoms with Gasteiger partial charge in [0, 0.05) is 13.0 Å². The highest BCUT2D eigenvalue weighted by atomic mass is 31.2. The summed E-state index contributed by atoms with van der Waals surface area (Å²) < 4.78 is 33.4. The van der Waals surface area contributed by atoms with Crippen LogP contribution in [0.2, 0.25) is 0 Å². The molecule has 3 atom stereocenters. The summed E-state index contributed by atoms with van der Waals surface area (Å²) in [5.41, 5.74) is 5.36. The number of carboxylic acids is 1. The minimum atomic E-state index is -4.63. The predicted octanol–water partition coefficient (Wildman–Crippen LogP) is 13.0. The van der Waals surface area contributed by atoms with Gasteiger partial charge >= 0.3 is 19.8 Å². The molecule has 0 aromatic rings. The average molecular weight is 850 g/mol. The number of nitrogens with two attached hydrogens (primary N) is 1. The van der Waals surface area contributed by atoms with E-state index < -0.39 is 45.1 Å². The van der Waals surface area contributed by atoms with E-state index in [4.69, 9.17) is 29.4 Å². The van der Waals surface area contributed by atoms with Gasteiger partial charge in [0.25, 0.3) is 0 Å². The van der Waals surface area contributed by atoms with Gasteiger partial charge in [0.05, 0.1) is 19.8 Å². The van der Waals surface area contributed by atoms with Crippen molar-refractivity contribution in [1.29, 1.82) is 0 Å². The standard InChI is InChI=1S/C48H84NO9P/c1-3-5-7-9-11-13-15-17-19-20-21-22-23-24-25-26-27-28-30-32-34-36-38-40-47(50)58-45(43-56-59(53,54)57-44-46(49)48(51)52)42-55-41-39-37-35-33-31-29-18-16-14-12-10-8-6-4-2/h5,7,11,13,17,19,21-22,24-25,27-28,45-46H,3-4,6,8-10,12,14-16,18,20,23,26,29-44,49H2,1-2H3,(H,51,52)(H,53,54)/b7-5-,13-11-,19-17-,22-21-,25-24-,28-27-. The van der Waals surface area contributed by atoms with E-state index in [2.05, 4.69) is 86.8 Å². The number of ether oxygens (including phenoxy) is 2. The fourth-order valence-electron chi connectivity index (χ4n) is 5.96. The molecular formula is C48H84NO9P. The lowest BCUT2D eigenvalue weighted by atomic mass is 10.0. The van der Waals surface area contributed by atoms with E-state index >= 15 is 0 Å². The molecule has 10 nitrogen and oxygen atoms in total. The number of rotatable bonds is 43. The maximum Gasteiger partial charge on any atom is 0.472 e. The zero-order chi connectivity index (χ0) is 43.3. The molecule has 4 N–H and O–H groups in total. The normalized spacial score (nSPS) is 14.5. The quantitative estimate of drug-likeness (QED) is 0.0234. The number of carboxylic acid groups (broad SMARTS) is 1. The van der Waals surface area contributed by atoms with Gasteiger partial charge in [-0.3, -0.25) is 18.6 Å². The summed E-state index contributed by atoms with van der Waals surface area (Å²) in [6.45, 7) is 3.74. The first-order valence-corrected chi connectivity index (χ1v) is 24.5. The molecule has 0 rings (SSSR count). The topological polar surface area (TPSA) is 155 Å². The van der Waals surface area contributed by atoms with Crippen LogP contribution < -0.4 is 5.73 Å². The van der Waals surface area contributed by atoms with Gasteiger partial charge in [-0.05, 0) is 64.2 Å². The fourth-order valence-corrected chi connectivity index (χ4v) is 6.74. The third kappa shape index (κ3) is 43.3. The third-order valence-corrected chi connectivity index (χ3v) is 10.5. The van der Waals surface area contributed by atoms with Crippen LogP contribution in [-0.4, -0.2) is 60.5 Å². The molecule has 340 valence electrons. The second-order valence-corrected chi connectivity index (χ2v) is 16.6. The second-order valence-electron chi connectivity index (χ2n) is 15.2. The van der Waals surface area contributed by atoms with Gasteiger partial charge in [-0.1, -0.05) is 183 Å². The Morgan fingerprint density at radius 1 is 0.559 bits per heavy atom. The van der Waals surface area contributed by atoms with Crippen molar-refractivity contribution in [2.75, 3.05) is 26.4 Å². The van der Waals surface area contributed by atoms with E-state index in [1.807, 2.05) is 0 Å². The number of esters is 1. The van der Waals surface area contributed by atoms with Crippen molar-refractivity contribution in [3.63, 3.8) is 0 Å². The molecule has 0 aliphatic rings. The van der Waals surface area contributed by atoms with Gasteiger partial charge in [-0.15, -0.1) is 0 Å². The highest BCUT2D eigenvalue weighted by molar-refractivity contribution is 7.47. The molecular weight excluding hydrogens is 766 g/mol. The summed E-state index contributed by atoms with van der Waals surface area (Å²) in [6.07, 6.45) is 53.8. The van der Waals surface area contributed by atoms with E-state index in [9.17, 15) is 19.0 Å². The SMILES string of the molecule is CC/C=C\C/C=C\C/C=C\C/C=C\C/C=C\C/C=C\CCCCCCC(=O)OC(COCCCCCCCCCCCCCCCC)COP(=O)(O)OCC(N)C(=O)O. The van der Waals surface area contributed by atoms with Crippen LogP contribution in [0.25, 0.3) is 0 Å². The van der Waals surface area contributed by atoms with Crippen LogP contribution in [0.4, 0.5) is 0 Å². The Balaban J connectivity index is 4.27. The smallest absolute Gasteiger partial charge is 0.472 e. The van der Waals surface area contributed by atoms with Crippen LogP contribution in [-0.2, 0) is 32.7 Å². The zero-order valence-electron chi connectivity index (χ0n) is 37.1. The van der Waals surface area contributed by atoms with E-state index in [0.717, 1.165) is 83.5 Å². The summed E-state index contributed by atoms with van der Waals surface area (Å²) in [7, 11) is -4.63. The number of carbonyl (C=O) groups is 2. The van der Waals surface area contributed by atoms with Gasteiger partial charge in [-0.25, -0.2) is 4.57 Å². The Kier molecular flexibility index (Phi) is 41.6. The van der Waals surface area contributed by atoms with Crippen molar-refractivity contribution in [2.24, 2.45) is 5.73 Å². The number of allylic oxidation sites excluding steroid dienone is 12. The van der Waals surface area contributed by atoms with Crippen LogP contribution in [0, 0.1) is 0 Å². The molecule has 0 aliphatic carbocycles. The fraction of sp³-hybridized carbons (Fsp3) is 0.708. The minimum Gasteiger partial charge on any atom is -0.480 e. The number of hydrogen-bond acceptors (Lipinski definition) is 8. The number of aliphatic carboxylic acids is 1. The molecule has 0 heterocycles. The van der Waals surface area contributed by atoms with Gasteiger partial charge in [0.15, 0.2) is 0 Å². The van der Waals surface area contributed by atoms with Crippen LogP contribution in [0.15, 0.2) is 72.9 Å². The maximum atomic E-state index is 12.6. The average Bonchev–Trinajstić information content (AvgIpc) is 3.21. The molecule has 0 saturated heterocycles. The van der Waals surface area contributed by atoms with Gasteiger partial charge in [-0.2, -0.15) is 0 Å². The second kappa shape index (κ2) is 43.5. The Labute approximate surface area is 359 Å². The molecule has 0 aliphatic heterocycles. The van der Waals surface area contributed by atoms with Gasteiger partial charge in [0.1, 0.15) is 12.1 Å². The van der Waals surface area contributed by atoms with Crippen molar-refractivity contribution in [2.45, 2.75) is 193 Å². The Hall–Kier alpha value is -2.59. The number of carbonyl (C=O) groups excluding carboxylic acids is 1. The number of hydrogen-bond donors (Lipinski definition) is 3. The van der Waals surface area contributed by atoms with E-state index in [-0.39, 0.29) is 13.0 Å². The highest BCUT2D eigenvalue weighted by Crippen LogP contribution is 2.43. The molecule has 11 heteroatoms. The monoisotopic (exact) mass is 850 g/mol. The largest absolute Gasteiger partial charge is 0.480 e. The molecule has 0 radical (unpaired) electrons. The number of unbranched alkanes of at least 4 members (excludes halogenated alkanes) is 17. The highest BCUT2D eigenvalue weighted by Gasteiger charge is 2.27. The lowest BCUT2D eigenvalue weighted by Crippen LogP contribution is -2.34. The third-order valence-electron chi connectivity index (χ3n) is 9.50. The summed E-state index contributed by atoms with van der Waals surface area (Å²) in [6, 6.07) is -1.48. The molecule has 0 saturated carbocycles. The van der Waals surface area contributed by atoms with E-state index in [1.54, 1.807) is 0 Å². The summed E-state index contributed by atoms with van der Waals surface area (Å²) in [4.78, 5) is 33.6. The molecule has 0 bridgehead atoms. The molecule has 0 amide bonds. The Morgan fingerprint density at radius 2 is 0.983 bits per heavy atom. The van der Waals surface area contributed by atoms with Gasteiger partial charge < -0.3 is 25.2 Å². The molecule has 0 aromatic heterocycles. The first-order valence-electron chi connectivity index (χ1n) is 23.0. The van der Waals surface area contributed by atoms with Crippen LogP contribution in [0.1, 0.15) is 181 Å². The van der Waals surface area contributed by atoms with Crippen molar-refractivity contribution < 1.29 is 42.7 Å². The van der Waals surface area contributed by atoms with E-state index in [1.165, 1.54) is 70.6 Å². The van der Waals surface area contributed by atoms with Crippen LogP contribution >= 0.6 is 7.82 Å². The zero-order valence-corrected chi connectivity index (χ0v) is 38.0. The molecule has 0 spiro atoms. The van der Waals surface area contributed by atoms with E-state index in [0.29, 0.717) is 13.0 Å². The molecule has 59 heavy (non-hydrogen) atoms. The lowest BCUT2D eigenvalue weighted by Gasteiger charge is -2.20. The maximum absolute atomic E-state index is 12.6.